The van der Waals surface area contributed by atoms with Crippen LogP contribution >= 0.6 is 24.0 Å². The van der Waals surface area contributed by atoms with Gasteiger partial charge in [0.2, 0.25) is 5.91 Å². The van der Waals surface area contributed by atoms with E-state index in [1.165, 1.54) is 36.0 Å². The van der Waals surface area contributed by atoms with Gasteiger partial charge in [0.15, 0.2) is 5.96 Å². The summed E-state index contributed by atoms with van der Waals surface area (Å²) < 4.78 is 0. The Morgan fingerprint density at radius 2 is 1.67 bits per heavy atom. The predicted octanol–water partition coefficient (Wildman–Crippen LogP) is 3.47. The van der Waals surface area contributed by atoms with Crippen molar-refractivity contribution in [1.82, 2.24) is 16.0 Å². The van der Waals surface area contributed by atoms with E-state index in [1.54, 1.807) is 7.05 Å². The van der Waals surface area contributed by atoms with Crippen LogP contribution in [0.25, 0.3) is 0 Å². The van der Waals surface area contributed by atoms with Gasteiger partial charge < -0.3 is 16.0 Å². The van der Waals surface area contributed by atoms with Crippen molar-refractivity contribution in [3.63, 3.8) is 0 Å². The number of nitrogens with zero attached hydrogens (tertiary/aromatic N) is 1. The zero-order chi connectivity index (χ0) is 18.8. The van der Waals surface area contributed by atoms with Crippen LogP contribution in [0.3, 0.4) is 0 Å². The molecule has 1 fully saturated rings. The molecule has 0 bridgehead atoms. The molecule has 3 N–H and O–H groups in total. The third kappa shape index (κ3) is 9.44. The summed E-state index contributed by atoms with van der Waals surface area (Å²) in [4.78, 5) is 16.3. The average molecular weight is 486 g/mol. The number of amides is 1. The largest absolute Gasteiger partial charge is 0.356 e. The highest BCUT2D eigenvalue weighted by Crippen LogP contribution is 2.17. The number of carbonyl (C=O) groups excluding carboxylic acids is 1. The first-order chi connectivity index (χ1) is 12.6. The molecule has 0 spiro atoms. The molecule has 0 radical (unpaired) electrons. The smallest absolute Gasteiger partial charge is 0.221 e. The SMILES string of the molecule is CN=C(NCCC(=O)NC1CCCCC1)NCCc1cc(C)cc(C)c1.I. The minimum atomic E-state index is 0. The van der Waals surface area contributed by atoms with Gasteiger partial charge in [-0.15, -0.1) is 24.0 Å². The van der Waals surface area contributed by atoms with Gasteiger partial charge in [-0.25, -0.2) is 0 Å². The van der Waals surface area contributed by atoms with Gasteiger partial charge in [0.1, 0.15) is 0 Å². The molecule has 152 valence electrons. The first-order valence-electron chi connectivity index (χ1n) is 9.88. The van der Waals surface area contributed by atoms with Crippen LogP contribution in [0.1, 0.15) is 55.2 Å². The van der Waals surface area contributed by atoms with E-state index in [0.717, 1.165) is 31.8 Å². The highest BCUT2D eigenvalue weighted by molar-refractivity contribution is 14.0. The Bertz CT molecular complexity index is 592. The second kappa shape index (κ2) is 13.0. The molecule has 1 aliphatic carbocycles. The van der Waals surface area contributed by atoms with Crippen LogP contribution in [0.4, 0.5) is 0 Å². The minimum Gasteiger partial charge on any atom is -0.356 e. The molecule has 1 saturated carbocycles. The molecule has 0 heterocycles. The van der Waals surface area contributed by atoms with Crippen LogP contribution in [-0.4, -0.2) is 38.0 Å². The second-order valence-corrected chi connectivity index (χ2v) is 7.32. The zero-order valence-corrected chi connectivity index (χ0v) is 19.3. The van der Waals surface area contributed by atoms with E-state index in [9.17, 15) is 4.79 Å². The van der Waals surface area contributed by atoms with Crippen LogP contribution in [0.15, 0.2) is 23.2 Å². The van der Waals surface area contributed by atoms with Crippen molar-refractivity contribution in [2.75, 3.05) is 20.1 Å². The zero-order valence-electron chi connectivity index (χ0n) is 16.9. The van der Waals surface area contributed by atoms with E-state index in [4.69, 9.17) is 0 Å². The van der Waals surface area contributed by atoms with E-state index in [-0.39, 0.29) is 29.9 Å². The summed E-state index contributed by atoms with van der Waals surface area (Å²) in [5.41, 5.74) is 3.93. The van der Waals surface area contributed by atoms with Crippen LogP contribution in [0.2, 0.25) is 0 Å². The Hall–Kier alpha value is -1.31. The van der Waals surface area contributed by atoms with Crippen molar-refractivity contribution in [1.29, 1.82) is 0 Å². The molecular weight excluding hydrogens is 451 g/mol. The van der Waals surface area contributed by atoms with E-state index >= 15 is 0 Å². The van der Waals surface area contributed by atoms with Crippen molar-refractivity contribution >= 4 is 35.8 Å². The first kappa shape index (κ1) is 23.7. The van der Waals surface area contributed by atoms with Crippen molar-refractivity contribution < 1.29 is 4.79 Å². The summed E-state index contributed by atoms with van der Waals surface area (Å²) in [6.45, 7) is 5.67. The Morgan fingerprint density at radius 1 is 1.04 bits per heavy atom. The fourth-order valence-electron chi connectivity index (χ4n) is 3.60. The van der Waals surface area contributed by atoms with Gasteiger partial charge in [0.25, 0.3) is 0 Å². The molecule has 6 heteroatoms. The summed E-state index contributed by atoms with van der Waals surface area (Å²) in [6.07, 6.45) is 7.46. The summed E-state index contributed by atoms with van der Waals surface area (Å²) >= 11 is 0. The Balaban J connectivity index is 0.00000364. The van der Waals surface area contributed by atoms with Crippen LogP contribution in [-0.2, 0) is 11.2 Å². The van der Waals surface area contributed by atoms with Crippen molar-refractivity contribution in [2.24, 2.45) is 4.99 Å². The maximum atomic E-state index is 12.0. The molecule has 1 aromatic carbocycles. The van der Waals surface area contributed by atoms with Crippen molar-refractivity contribution in [2.45, 2.75) is 64.8 Å². The van der Waals surface area contributed by atoms with Crippen LogP contribution in [0.5, 0.6) is 0 Å². The van der Waals surface area contributed by atoms with E-state index < -0.39 is 0 Å². The molecule has 1 aliphatic rings. The first-order valence-corrected chi connectivity index (χ1v) is 9.88. The third-order valence-corrected chi connectivity index (χ3v) is 4.83. The Morgan fingerprint density at radius 3 is 2.30 bits per heavy atom. The molecule has 0 aliphatic heterocycles. The highest BCUT2D eigenvalue weighted by atomic mass is 127. The predicted molar refractivity (Wildman–Crippen MR) is 124 cm³/mol. The van der Waals surface area contributed by atoms with Gasteiger partial charge >= 0.3 is 0 Å². The molecule has 0 unspecified atom stereocenters. The molecule has 5 nitrogen and oxygen atoms in total. The van der Waals surface area contributed by atoms with Crippen LogP contribution < -0.4 is 16.0 Å². The highest BCUT2D eigenvalue weighted by Gasteiger charge is 2.15. The van der Waals surface area contributed by atoms with Gasteiger partial charge in [-0.05, 0) is 38.7 Å². The number of rotatable bonds is 7. The molecule has 2 rings (SSSR count). The summed E-state index contributed by atoms with van der Waals surface area (Å²) in [5, 5.41) is 9.69. The molecule has 0 atom stereocenters. The van der Waals surface area contributed by atoms with Crippen LogP contribution in [0, 0.1) is 13.8 Å². The number of carbonyl (C=O) groups is 1. The number of guanidine groups is 1. The second-order valence-electron chi connectivity index (χ2n) is 7.32. The number of halogens is 1. The standard InChI is InChI=1S/C21H34N4O.HI/c1-16-13-17(2)15-18(14-16)9-11-23-21(22-3)24-12-10-20(26)25-19-7-5-4-6-8-19;/h13-15,19H,4-12H2,1-3H3,(H,25,26)(H2,22,23,24);1H. The maximum absolute atomic E-state index is 12.0. The molecule has 1 aromatic rings. The lowest BCUT2D eigenvalue weighted by Crippen LogP contribution is -2.41. The van der Waals surface area contributed by atoms with Crippen molar-refractivity contribution in [3.8, 4) is 0 Å². The Kier molecular flexibility index (Phi) is 11.4. The lowest BCUT2D eigenvalue weighted by molar-refractivity contribution is -0.121. The summed E-state index contributed by atoms with van der Waals surface area (Å²) in [5.74, 6) is 0.884. The topological polar surface area (TPSA) is 65.5 Å². The lowest BCUT2D eigenvalue weighted by atomic mass is 9.95. The number of aliphatic imine (C=N–C) groups is 1. The Labute approximate surface area is 181 Å². The summed E-state index contributed by atoms with van der Waals surface area (Å²) in [7, 11) is 1.76. The third-order valence-electron chi connectivity index (χ3n) is 4.83. The van der Waals surface area contributed by atoms with Gasteiger partial charge in [0.05, 0.1) is 0 Å². The summed E-state index contributed by atoms with van der Waals surface area (Å²) in [6, 6.07) is 7.02. The van der Waals surface area contributed by atoms with E-state index in [0.29, 0.717) is 19.0 Å². The fraction of sp³-hybridized carbons (Fsp3) is 0.619. The van der Waals surface area contributed by atoms with Gasteiger partial charge in [0, 0.05) is 32.6 Å². The number of hydrogen-bond acceptors (Lipinski definition) is 2. The van der Waals surface area contributed by atoms with E-state index in [2.05, 4.69) is 53.0 Å². The molecule has 0 aromatic heterocycles. The number of aryl methyl sites for hydroxylation is 2. The maximum Gasteiger partial charge on any atom is 0.221 e. The molecule has 27 heavy (non-hydrogen) atoms. The minimum absolute atomic E-state index is 0. The molecule has 1 amide bonds. The van der Waals surface area contributed by atoms with Crippen molar-refractivity contribution in [3.05, 3.63) is 34.9 Å². The normalized spacial score (nSPS) is 15.0. The van der Waals surface area contributed by atoms with Gasteiger partial charge in [-0.1, -0.05) is 48.6 Å². The average Bonchev–Trinajstić information content (AvgIpc) is 2.60. The van der Waals surface area contributed by atoms with Gasteiger partial charge in [-0.3, -0.25) is 9.79 Å². The fourth-order valence-corrected chi connectivity index (χ4v) is 3.60. The monoisotopic (exact) mass is 486 g/mol. The van der Waals surface area contributed by atoms with E-state index in [1.807, 2.05) is 0 Å². The quantitative estimate of drug-likeness (QED) is 0.314. The number of nitrogens with one attached hydrogen (secondary N) is 3. The molecule has 0 saturated heterocycles. The molecular formula is C21H35IN4O. The number of hydrogen-bond donors (Lipinski definition) is 3. The van der Waals surface area contributed by atoms with Gasteiger partial charge in [-0.2, -0.15) is 0 Å². The number of benzene rings is 1. The lowest BCUT2D eigenvalue weighted by Gasteiger charge is -2.22.